The molecule has 0 aromatic carbocycles. The Morgan fingerprint density at radius 3 is 2.21 bits per heavy atom. The van der Waals surface area contributed by atoms with Gasteiger partial charge in [0.15, 0.2) is 0 Å². The van der Waals surface area contributed by atoms with Crippen molar-refractivity contribution in [2.45, 2.75) is 160 Å². The van der Waals surface area contributed by atoms with Gasteiger partial charge in [0.25, 0.3) is 0 Å². The third-order valence-corrected chi connectivity index (χ3v) is 8.60. The molecule has 1 aliphatic heterocycles. The average molecular weight is 478 g/mol. The first-order valence-electron chi connectivity index (χ1n) is 14.8. The van der Waals surface area contributed by atoms with Crippen LogP contribution in [0.15, 0.2) is 0 Å². The Labute approximate surface area is 209 Å². The fourth-order valence-electron chi connectivity index (χ4n) is 6.51. The van der Waals surface area contributed by atoms with Gasteiger partial charge in [-0.1, -0.05) is 84.0 Å². The van der Waals surface area contributed by atoms with Crippen molar-refractivity contribution >= 4 is 0 Å². The molecule has 2 radical (unpaired) electrons. The van der Waals surface area contributed by atoms with Crippen LogP contribution in [0.3, 0.4) is 0 Å². The van der Waals surface area contributed by atoms with Crippen LogP contribution in [0.1, 0.15) is 141 Å². The first kappa shape index (κ1) is 27.9. The zero-order valence-electron chi connectivity index (χ0n) is 21.7. The molecule has 0 amide bonds. The van der Waals surface area contributed by atoms with Crippen molar-refractivity contribution in [1.82, 2.24) is 0 Å². The van der Waals surface area contributed by atoms with Crippen LogP contribution in [0, 0.1) is 35.2 Å². The summed E-state index contributed by atoms with van der Waals surface area (Å²) in [4.78, 5) is 11.6. The average Bonchev–Trinajstić information content (AvgIpc) is 2.99. The predicted molar refractivity (Wildman–Crippen MR) is 138 cm³/mol. The molecule has 34 heavy (non-hydrogen) atoms. The standard InChI is InChI=1S/C29H51NO4/c1-2-3-4-5-12-18-26(30(31)32)19-13-20-29-33-27-21-22-28(34-29)25-16-10-6-8-14-24(23-27)15-9-7-11-17-25/h24-28H,1-23H2. The zero-order chi connectivity index (χ0) is 24.0. The van der Waals surface area contributed by atoms with Gasteiger partial charge in [0.05, 0.1) is 12.2 Å². The summed E-state index contributed by atoms with van der Waals surface area (Å²) in [5.74, 6) is 1.41. The summed E-state index contributed by atoms with van der Waals surface area (Å²) < 4.78 is 13.1. The summed E-state index contributed by atoms with van der Waals surface area (Å²) in [6.45, 7) is 3.88. The number of fused-ring (bicyclic) bond motifs is 8. The minimum Gasteiger partial charge on any atom is -0.342 e. The van der Waals surface area contributed by atoms with Crippen molar-refractivity contribution in [1.29, 1.82) is 0 Å². The molecule has 0 spiro atoms. The quantitative estimate of drug-likeness (QED) is 0.170. The highest BCUT2D eigenvalue weighted by molar-refractivity contribution is 4.84. The molecule has 0 aromatic heterocycles. The second kappa shape index (κ2) is 16.1. The lowest BCUT2D eigenvalue weighted by molar-refractivity contribution is -0.524. The van der Waals surface area contributed by atoms with Gasteiger partial charge in [-0.2, -0.15) is 0 Å². The summed E-state index contributed by atoms with van der Waals surface area (Å²) in [5, 5.41) is 11.6. The fourth-order valence-corrected chi connectivity index (χ4v) is 6.51. The number of hydrogen-bond acceptors (Lipinski definition) is 4. The Balaban J connectivity index is 1.56. The van der Waals surface area contributed by atoms with Gasteiger partial charge in [0.2, 0.25) is 12.3 Å². The number of hydrogen-bond donors (Lipinski definition) is 0. The molecule has 3 atom stereocenters. The van der Waals surface area contributed by atoms with E-state index in [9.17, 15) is 10.1 Å². The van der Waals surface area contributed by atoms with Gasteiger partial charge in [-0.25, -0.2) is 0 Å². The first-order chi connectivity index (χ1) is 16.7. The van der Waals surface area contributed by atoms with Crippen molar-refractivity contribution in [3.63, 3.8) is 0 Å². The van der Waals surface area contributed by atoms with Gasteiger partial charge in [0.1, 0.15) is 0 Å². The van der Waals surface area contributed by atoms with E-state index in [1.54, 1.807) is 0 Å². The van der Waals surface area contributed by atoms with Crippen LogP contribution in [0.25, 0.3) is 0 Å². The van der Waals surface area contributed by atoms with Crippen LogP contribution in [0.2, 0.25) is 0 Å². The second-order valence-corrected chi connectivity index (χ2v) is 11.4. The summed E-state index contributed by atoms with van der Waals surface area (Å²) in [6.07, 6.45) is 26.2. The monoisotopic (exact) mass is 477 g/mol. The van der Waals surface area contributed by atoms with Gasteiger partial charge in [-0.05, 0) is 56.8 Å². The molecule has 4 rings (SSSR count). The molecule has 1 heterocycles. The van der Waals surface area contributed by atoms with Crippen LogP contribution < -0.4 is 0 Å². The highest BCUT2D eigenvalue weighted by Crippen LogP contribution is 2.38. The van der Waals surface area contributed by atoms with E-state index in [0.717, 1.165) is 76.4 Å². The van der Waals surface area contributed by atoms with Crippen molar-refractivity contribution in [2.75, 3.05) is 0 Å². The normalized spacial score (nSPS) is 30.4. The van der Waals surface area contributed by atoms with Crippen molar-refractivity contribution in [3.8, 4) is 0 Å². The molecule has 3 unspecified atom stereocenters. The molecule has 5 nitrogen and oxygen atoms in total. The summed E-state index contributed by atoms with van der Waals surface area (Å²) in [7, 11) is 0. The van der Waals surface area contributed by atoms with E-state index in [4.69, 9.17) is 9.47 Å². The maximum atomic E-state index is 11.6. The molecule has 1 saturated heterocycles. The van der Waals surface area contributed by atoms with Crippen LogP contribution in [-0.2, 0) is 9.47 Å². The molecule has 4 aliphatic rings. The molecule has 4 fully saturated rings. The lowest BCUT2D eigenvalue weighted by atomic mass is 9.82. The second-order valence-electron chi connectivity index (χ2n) is 11.4. The Bertz CT molecular complexity index is 542. The van der Waals surface area contributed by atoms with E-state index < -0.39 is 6.04 Å². The van der Waals surface area contributed by atoms with Crippen molar-refractivity contribution in [2.24, 2.45) is 11.8 Å². The maximum absolute atomic E-state index is 11.6. The van der Waals surface area contributed by atoms with Crippen molar-refractivity contribution in [3.05, 3.63) is 23.3 Å². The summed E-state index contributed by atoms with van der Waals surface area (Å²) in [5.41, 5.74) is 0. The molecule has 4 bridgehead atoms. The molecular formula is C29H51NO4. The molecule has 3 saturated carbocycles. The predicted octanol–water partition coefficient (Wildman–Crippen LogP) is 8.58. The topological polar surface area (TPSA) is 61.6 Å². The molecule has 196 valence electrons. The maximum Gasteiger partial charge on any atom is 0.224 e. The van der Waals surface area contributed by atoms with Crippen LogP contribution >= 0.6 is 0 Å². The van der Waals surface area contributed by atoms with Crippen LogP contribution in [0.4, 0.5) is 0 Å². The zero-order valence-corrected chi connectivity index (χ0v) is 21.7. The number of nitrogens with zero attached hydrogens (tertiary/aromatic N) is 1. The third-order valence-electron chi connectivity index (χ3n) is 8.60. The minimum absolute atomic E-state index is 0.0575. The van der Waals surface area contributed by atoms with E-state index in [-0.39, 0.29) is 17.1 Å². The highest BCUT2D eigenvalue weighted by atomic mass is 16.7. The number of rotatable bonds is 11. The SMILES string of the molecule is [CH2]CCCCCCC(CCC[C]1OC2CCC(O1)C1CCCCCC(CCCCC1)C2)[N+](=O)[O-]. The number of unbranched alkanes of at least 4 members (excludes halogenated alkanes) is 4. The molecular weight excluding hydrogens is 426 g/mol. The third kappa shape index (κ3) is 10.1. The Kier molecular flexibility index (Phi) is 13.2. The Morgan fingerprint density at radius 1 is 0.824 bits per heavy atom. The smallest absolute Gasteiger partial charge is 0.224 e. The largest absolute Gasteiger partial charge is 0.342 e. The molecule has 5 heteroatoms. The van der Waals surface area contributed by atoms with Gasteiger partial charge < -0.3 is 9.47 Å². The lowest BCUT2D eigenvalue weighted by Gasteiger charge is -2.28. The number of ether oxygens (including phenoxy) is 2. The van der Waals surface area contributed by atoms with Gasteiger partial charge >= 0.3 is 0 Å². The lowest BCUT2D eigenvalue weighted by Crippen LogP contribution is -2.26. The summed E-state index contributed by atoms with van der Waals surface area (Å²) in [6, 6.07) is -0.432. The van der Waals surface area contributed by atoms with E-state index >= 15 is 0 Å². The minimum atomic E-state index is -0.432. The van der Waals surface area contributed by atoms with E-state index in [2.05, 4.69) is 6.92 Å². The van der Waals surface area contributed by atoms with Crippen molar-refractivity contribution < 1.29 is 14.4 Å². The molecule has 0 N–H and O–H groups in total. The molecule has 3 aliphatic carbocycles. The van der Waals surface area contributed by atoms with Crippen LogP contribution in [-0.4, -0.2) is 23.2 Å². The van der Waals surface area contributed by atoms with E-state index in [1.807, 2.05) is 0 Å². The summed E-state index contributed by atoms with van der Waals surface area (Å²) >= 11 is 0. The van der Waals surface area contributed by atoms with Gasteiger partial charge in [0, 0.05) is 24.2 Å². The van der Waals surface area contributed by atoms with Crippen LogP contribution in [0.5, 0.6) is 0 Å². The molecule has 0 aromatic rings. The van der Waals surface area contributed by atoms with E-state index in [0.29, 0.717) is 18.8 Å². The number of nitro groups is 1. The first-order valence-corrected chi connectivity index (χ1v) is 14.8. The fraction of sp³-hybridized carbons (Fsp3) is 0.931. The Morgan fingerprint density at radius 2 is 1.50 bits per heavy atom. The Hall–Kier alpha value is -0.680. The van der Waals surface area contributed by atoms with Gasteiger partial charge in [-0.15, -0.1) is 0 Å². The van der Waals surface area contributed by atoms with Gasteiger partial charge in [-0.3, -0.25) is 10.1 Å². The van der Waals surface area contributed by atoms with E-state index in [1.165, 1.54) is 64.2 Å². The highest BCUT2D eigenvalue weighted by Gasteiger charge is 2.34.